The number of aromatic nitrogens is 2. The van der Waals surface area contributed by atoms with Crippen LogP contribution in [-0.4, -0.2) is 59.4 Å². The Morgan fingerprint density at radius 1 is 1.20 bits per heavy atom. The first-order valence-electron chi connectivity index (χ1n) is 12.1. The predicted molar refractivity (Wildman–Crippen MR) is 143 cm³/mol. The highest BCUT2D eigenvalue weighted by atomic mass is 32.1. The Labute approximate surface area is 211 Å². The molecule has 0 fully saturated rings. The molecule has 0 unspecified atom stereocenters. The molecule has 1 aromatic carbocycles. The minimum atomic E-state index is -0.256. The lowest BCUT2D eigenvalue weighted by Gasteiger charge is -2.30. The van der Waals surface area contributed by atoms with Crippen LogP contribution in [0.15, 0.2) is 24.3 Å². The van der Waals surface area contributed by atoms with E-state index in [1.54, 1.807) is 16.2 Å². The topological polar surface area (TPSA) is 81.7 Å². The van der Waals surface area contributed by atoms with E-state index in [9.17, 15) is 9.59 Å². The van der Waals surface area contributed by atoms with Crippen molar-refractivity contribution in [2.24, 2.45) is 0 Å². The molecule has 2 amide bonds. The van der Waals surface area contributed by atoms with Gasteiger partial charge in [0.2, 0.25) is 11.8 Å². The molecule has 9 heteroatoms. The number of hydrogen-bond donors (Lipinski definition) is 1. The average molecular weight is 495 g/mol. The highest BCUT2D eigenvalue weighted by Crippen LogP contribution is 2.36. The molecular formula is C26H34N6O2S. The number of thiophene rings is 1. The van der Waals surface area contributed by atoms with Crippen molar-refractivity contribution in [1.82, 2.24) is 14.9 Å². The lowest BCUT2D eigenvalue weighted by atomic mass is 10.1. The summed E-state index contributed by atoms with van der Waals surface area (Å²) >= 11 is 1.67. The molecule has 2 aromatic heterocycles. The van der Waals surface area contributed by atoms with Crippen molar-refractivity contribution in [1.29, 1.82) is 0 Å². The number of carbonyl (C=O) groups excluding carboxylic acids is 2. The highest BCUT2D eigenvalue weighted by molar-refractivity contribution is 7.18. The summed E-state index contributed by atoms with van der Waals surface area (Å²) in [6, 6.07) is 7.21. The van der Waals surface area contributed by atoms with Crippen molar-refractivity contribution in [3.05, 3.63) is 40.5 Å². The molecule has 35 heavy (non-hydrogen) atoms. The highest BCUT2D eigenvalue weighted by Gasteiger charge is 2.30. The van der Waals surface area contributed by atoms with Crippen LogP contribution < -0.4 is 15.1 Å². The summed E-state index contributed by atoms with van der Waals surface area (Å²) in [5, 5.41) is 3.93. The third-order valence-corrected chi connectivity index (χ3v) is 7.78. The van der Waals surface area contributed by atoms with Gasteiger partial charge in [-0.3, -0.25) is 14.5 Å². The first kappa shape index (κ1) is 25.1. The number of anilines is 3. The van der Waals surface area contributed by atoms with Crippen LogP contribution in [0.1, 0.15) is 43.5 Å². The Kier molecular flexibility index (Phi) is 7.37. The van der Waals surface area contributed by atoms with Crippen LogP contribution >= 0.6 is 11.3 Å². The summed E-state index contributed by atoms with van der Waals surface area (Å²) < 4.78 is 0. The van der Waals surface area contributed by atoms with E-state index in [1.165, 1.54) is 4.88 Å². The van der Waals surface area contributed by atoms with Crippen LogP contribution in [0.25, 0.3) is 10.2 Å². The van der Waals surface area contributed by atoms with Gasteiger partial charge in [0.15, 0.2) is 0 Å². The van der Waals surface area contributed by atoms with Crippen molar-refractivity contribution in [2.45, 2.75) is 53.6 Å². The summed E-state index contributed by atoms with van der Waals surface area (Å²) in [4.78, 5) is 44.0. The molecule has 0 spiro atoms. The van der Waals surface area contributed by atoms with Gasteiger partial charge in [-0.2, -0.15) is 0 Å². The first-order chi connectivity index (χ1) is 16.7. The molecule has 0 bridgehead atoms. The summed E-state index contributed by atoms with van der Waals surface area (Å²) in [7, 11) is 1.91. The van der Waals surface area contributed by atoms with Gasteiger partial charge >= 0.3 is 0 Å². The van der Waals surface area contributed by atoms with Gasteiger partial charge in [-0.25, -0.2) is 9.97 Å². The number of carbonyl (C=O) groups is 2. The molecule has 0 saturated heterocycles. The van der Waals surface area contributed by atoms with Gasteiger partial charge in [0.05, 0.1) is 29.9 Å². The first-order valence-corrected chi connectivity index (χ1v) is 13.0. The number of rotatable bonds is 7. The van der Waals surface area contributed by atoms with Crippen LogP contribution in [-0.2, 0) is 16.1 Å². The molecule has 186 valence electrons. The molecule has 8 nitrogen and oxygen atoms in total. The maximum Gasteiger partial charge on any atom is 0.246 e. The second kappa shape index (κ2) is 10.3. The van der Waals surface area contributed by atoms with Crippen molar-refractivity contribution in [3.63, 3.8) is 0 Å². The van der Waals surface area contributed by atoms with Crippen molar-refractivity contribution in [3.8, 4) is 0 Å². The van der Waals surface area contributed by atoms with E-state index in [4.69, 9.17) is 9.97 Å². The van der Waals surface area contributed by atoms with E-state index in [0.717, 1.165) is 46.2 Å². The number of benzene rings is 1. The minimum Gasteiger partial charge on any atom is -0.350 e. The molecule has 0 radical (unpaired) electrons. The standard InChI is InChI=1S/C26H34N6O2S/c1-7-31(8-2)14-21-28-25(24-17(4)18(5)35-26(24)29-21)30(6)15-23(34)32-16(3)13-22(33)27-19-11-9-10-12-20(19)32/h9-12,16H,7-8,13-15H2,1-6H3,(H,27,33)/t16-/m0/s1. The molecule has 0 aliphatic carbocycles. The molecule has 1 atom stereocenters. The smallest absolute Gasteiger partial charge is 0.246 e. The molecule has 1 aliphatic rings. The Morgan fingerprint density at radius 3 is 2.63 bits per heavy atom. The third-order valence-electron chi connectivity index (χ3n) is 6.68. The number of amides is 2. The number of nitrogens with one attached hydrogen (secondary N) is 1. The molecule has 3 heterocycles. The summed E-state index contributed by atoms with van der Waals surface area (Å²) in [5.74, 6) is 1.37. The lowest BCUT2D eigenvalue weighted by Crippen LogP contribution is -2.44. The normalized spacial score (nSPS) is 15.8. The lowest BCUT2D eigenvalue weighted by molar-refractivity contribution is -0.118. The van der Waals surface area contributed by atoms with Crippen LogP contribution in [0, 0.1) is 13.8 Å². The van der Waals surface area contributed by atoms with Gasteiger partial charge in [-0.05, 0) is 51.6 Å². The van der Waals surface area contributed by atoms with Gasteiger partial charge in [0.25, 0.3) is 0 Å². The van der Waals surface area contributed by atoms with E-state index >= 15 is 0 Å². The van der Waals surface area contributed by atoms with E-state index in [-0.39, 0.29) is 30.8 Å². The molecule has 1 aliphatic heterocycles. The zero-order valence-electron chi connectivity index (χ0n) is 21.4. The van der Waals surface area contributed by atoms with Gasteiger partial charge in [0.1, 0.15) is 16.5 Å². The monoisotopic (exact) mass is 494 g/mol. The van der Waals surface area contributed by atoms with E-state index < -0.39 is 0 Å². The Balaban J connectivity index is 1.69. The maximum atomic E-state index is 13.7. The van der Waals surface area contributed by atoms with E-state index in [2.05, 4.69) is 37.9 Å². The number of nitrogens with zero attached hydrogens (tertiary/aromatic N) is 5. The Bertz CT molecular complexity index is 1250. The number of likely N-dealkylation sites (N-methyl/N-ethyl adjacent to an activating group) is 1. The SMILES string of the molecule is CCN(CC)Cc1nc(N(C)CC(=O)N2c3ccccc3NC(=O)C[C@@H]2C)c2c(C)c(C)sc2n1. The third kappa shape index (κ3) is 5.01. The second-order valence-corrected chi connectivity index (χ2v) is 10.3. The number of para-hydroxylation sites is 2. The number of hydrogen-bond acceptors (Lipinski definition) is 7. The fourth-order valence-electron chi connectivity index (χ4n) is 4.59. The van der Waals surface area contributed by atoms with Crippen LogP contribution in [0.3, 0.4) is 0 Å². The zero-order chi connectivity index (χ0) is 25.3. The molecule has 1 N–H and O–H groups in total. The Hall–Kier alpha value is -3.04. The number of fused-ring (bicyclic) bond motifs is 2. The van der Waals surface area contributed by atoms with Gasteiger partial charge in [-0.1, -0.05) is 26.0 Å². The van der Waals surface area contributed by atoms with Crippen LogP contribution in [0.5, 0.6) is 0 Å². The fraction of sp³-hybridized carbons (Fsp3) is 0.462. The summed E-state index contributed by atoms with van der Waals surface area (Å²) in [6.07, 6.45) is 0.249. The van der Waals surface area contributed by atoms with Gasteiger partial charge in [0, 0.05) is 24.4 Å². The van der Waals surface area contributed by atoms with Crippen LogP contribution in [0.4, 0.5) is 17.2 Å². The molecule has 3 aromatic rings. The number of aryl methyl sites for hydroxylation is 2. The average Bonchev–Trinajstić information content (AvgIpc) is 3.02. The zero-order valence-corrected chi connectivity index (χ0v) is 22.2. The van der Waals surface area contributed by atoms with Crippen molar-refractivity contribution >= 4 is 50.6 Å². The fourth-order valence-corrected chi connectivity index (χ4v) is 5.63. The molecule has 4 rings (SSSR count). The van der Waals surface area contributed by atoms with Gasteiger partial charge < -0.3 is 15.1 Å². The Morgan fingerprint density at radius 2 is 1.91 bits per heavy atom. The predicted octanol–water partition coefficient (Wildman–Crippen LogP) is 4.35. The largest absolute Gasteiger partial charge is 0.350 e. The van der Waals surface area contributed by atoms with Gasteiger partial charge in [-0.15, -0.1) is 11.3 Å². The molecule has 0 saturated carbocycles. The quantitative estimate of drug-likeness (QED) is 0.526. The summed E-state index contributed by atoms with van der Waals surface area (Å²) in [5.41, 5.74) is 2.53. The van der Waals surface area contributed by atoms with E-state index in [0.29, 0.717) is 12.2 Å². The summed E-state index contributed by atoms with van der Waals surface area (Å²) in [6.45, 7) is 13.0. The van der Waals surface area contributed by atoms with Crippen molar-refractivity contribution in [2.75, 3.05) is 41.8 Å². The minimum absolute atomic E-state index is 0.0781. The van der Waals surface area contributed by atoms with Crippen molar-refractivity contribution < 1.29 is 9.59 Å². The van der Waals surface area contributed by atoms with E-state index in [1.807, 2.05) is 43.1 Å². The second-order valence-electron chi connectivity index (χ2n) is 9.13. The maximum absolute atomic E-state index is 13.7. The molecular weight excluding hydrogens is 460 g/mol. The van der Waals surface area contributed by atoms with Crippen LogP contribution in [0.2, 0.25) is 0 Å².